The minimum atomic E-state index is -0.588. The van der Waals surface area contributed by atoms with Crippen LogP contribution in [0.5, 0.6) is 0 Å². The lowest BCUT2D eigenvalue weighted by Gasteiger charge is -2.52. The van der Waals surface area contributed by atoms with Crippen molar-refractivity contribution in [1.29, 1.82) is 0 Å². The third kappa shape index (κ3) is 2.18. The van der Waals surface area contributed by atoms with E-state index in [2.05, 4.69) is 48.5 Å². The van der Waals surface area contributed by atoms with Crippen LogP contribution in [0.3, 0.4) is 0 Å². The Kier molecular flexibility index (Phi) is 3.51. The number of rotatable bonds is 2. The minimum absolute atomic E-state index is 0.418. The Morgan fingerprint density at radius 2 is 0.955 bits per heavy atom. The smallest absolute Gasteiger partial charge is 0.0802 e. The molecule has 3 fully saturated rings. The zero-order chi connectivity index (χ0) is 15.1. The molecule has 0 aliphatic heterocycles. The van der Waals surface area contributed by atoms with E-state index in [4.69, 9.17) is 0 Å². The van der Waals surface area contributed by atoms with Gasteiger partial charge in [0.15, 0.2) is 0 Å². The molecule has 3 aliphatic carbocycles. The van der Waals surface area contributed by atoms with Crippen LogP contribution >= 0.6 is 0 Å². The molecule has 5 rings (SSSR count). The third-order valence-electron chi connectivity index (χ3n) is 5.69. The summed E-state index contributed by atoms with van der Waals surface area (Å²) in [6, 6.07) is 21.2. The van der Waals surface area contributed by atoms with Gasteiger partial charge in [-0.15, -0.1) is 0 Å². The summed E-state index contributed by atoms with van der Waals surface area (Å²) in [5, 5.41) is 20.5. The second kappa shape index (κ2) is 5.53. The molecule has 2 nitrogen and oxygen atoms in total. The highest BCUT2D eigenvalue weighted by Gasteiger charge is 2.55. The first-order valence-electron chi connectivity index (χ1n) is 8.21. The molecule has 22 heavy (non-hydrogen) atoms. The zero-order valence-electron chi connectivity index (χ0n) is 12.5. The second-order valence-corrected chi connectivity index (χ2v) is 6.81. The largest absolute Gasteiger partial charge is 0.390 e. The van der Waals surface area contributed by atoms with Gasteiger partial charge in [-0.2, -0.15) is 0 Å². The van der Waals surface area contributed by atoms with Gasteiger partial charge in [0.2, 0.25) is 0 Å². The summed E-state index contributed by atoms with van der Waals surface area (Å²) in [5.41, 5.74) is 2.71. The van der Waals surface area contributed by atoms with Crippen LogP contribution in [-0.2, 0) is 0 Å². The first-order chi connectivity index (χ1) is 10.8. The fourth-order valence-electron chi connectivity index (χ4n) is 4.73. The molecule has 2 aromatic carbocycles. The number of aliphatic hydroxyl groups excluding tert-OH is 2. The summed E-state index contributed by atoms with van der Waals surface area (Å²) in [6.45, 7) is 0. The van der Waals surface area contributed by atoms with Crippen molar-refractivity contribution >= 4 is 0 Å². The Morgan fingerprint density at radius 3 is 1.32 bits per heavy atom. The predicted octanol–water partition coefficient (Wildman–Crippen LogP) is 3.32. The lowest BCUT2D eigenvalue weighted by Crippen LogP contribution is -2.42. The molecule has 0 spiro atoms. The van der Waals surface area contributed by atoms with E-state index in [0.29, 0.717) is 36.5 Å². The van der Waals surface area contributed by atoms with Crippen molar-refractivity contribution in [3.63, 3.8) is 0 Å². The highest BCUT2D eigenvalue weighted by atomic mass is 16.3. The standard InChI is InChI=1S/C20H22O2/c21-17-11-15-19(13-7-3-1-4-8-13)16(12-18(17)22)20(15)14-9-5-2-6-10-14/h1-10,15-22H,11-12H2. The van der Waals surface area contributed by atoms with E-state index in [0.717, 1.165) is 0 Å². The van der Waals surface area contributed by atoms with Gasteiger partial charge in [0, 0.05) is 0 Å². The fourth-order valence-corrected chi connectivity index (χ4v) is 4.73. The topological polar surface area (TPSA) is 40.5 Å². The van der Waals surface area contributed by atoms with Crippen LogP contribution in [0.15, 0.2) is 60.7 Å². The van der Waals surface area contributed by atoms with E-state index in [1.807, 2.05) is 12.1 Å². The molecule has 2 unspecified atom stereocenters. The first kappa shape index (κ1) is 14.0. The third-order valence-corrected chi connectivity index (χ3v) is 5.69. The summed E-state index contributed by atoms with van der Waals surface area (Å²) in [5.74, 6) is 1.75. The van der Waals surface area contributed by atoms with E-state index in [-0.39, 0.29) is 0 Å². The maximum Gasteiger partial charge on any atom is 0.0802 e. The van der Waals surface area contributed by atoms with E-state index in [1.54, 1.807) is 0 Å². The molecule has 2 heteroatoms. The number of hydrogen-bond acceptors (Lipinski definition) is 2. The SMILES string of the molecule is OC1CC2C(c3ccccc3)C(CC1O)C2c1ccccc1. The maximum atomic E-state index is 10.2. The molecule has 0 heterocycles. The van der Waals surface area contributed by atoms with Crippen molar-refractivity contribution in [3.05, 3.63) is 71.8 Å². The molecular formula is C20H22O2. The Balaban J connectivity index is 1.71. The van der Waals surface area contributed by atoms with Crippen LogP contribution in [0, 0.1) is 11.8 Å². The zero-order valence-corrected chi connectivity index (χ0v) is 12.5. The first-order valence-corrected chi connectivity index (χ1v) is 8.21. The Hall–Kier alpha value is -1.64. The average molecular weight is 294 g/mol. The number of benzene rings is 2. The highest BCUT2D eigenvalue weighted by Crippen LogP contribution is 2.62. The van der Waals surface area contributed by atoms with Crippen LogP contribution in [0.25, 0.3) is 0 Å². The molecule has 3 saturated carbocycles. The van der Waals surface area contributed by atoms with Crippen molar-refractivity contribution < 1.29 is 10.2 Å². The Morgan fingerprint density at radius 1 is 0.591 bits per heavy atom. The van der Waals surface area contributed by atoms with Crippen LogP contribution in [0.2, 0.25) is 0 Å². The second-order valence-electron chi connectivity index (χ2n) is 6.81. The average Bonchev–Trinajstić information content (AvgIpc) is 2.75. The maximum absolute atomic E-state index is 10.2. The van der Waals surface area contributed by atoms with Gasteiger partial charge in [-0.25, -0.2) is 0 Å². The normalized spacial score (nSPS) is 37.2. The van der Waals surface area contributed by atoms with E-state index in [9.17, 15) is 10.2 Å². The Bertz CT molecular complexity index is 559. The van der Waals surface area contributed by atoms with E-state index < -0.39 is 12.2 Å². The van der Waals surface area contributed by atoms with Crippen molar-refractivity contribution in [2.75, 3.05) is 0 Å². The fraction of sp³-hybridized carbons (Fsp3) is 0.400. The van der Waals surface area contributed by atoms with Crippen LogP contribution in [0.1, 0.15) is 35.8 Å². The summed E-state index contributed by atoms with van der Waals surface area (Å²) < 4.78 is 0. The van der Waals surface area contributed by atoms with Gasteiger partial charge in [-0.1, -0.05) is 60.7 Å². The Labute approximate surface area is 131 Å². The minimum Gasteiger partial charge on any atom is -0.390 e. The van der Waals surface area contributed by atoms with Crippen LogP contribution in [0.4, 0.5) is 0 Å². The van der Waals surface area contributed by atoms with E-state index >= 15 is 0 Å². The quantitative estimate of drug-likeness (QED) is 0.892. The lowest BCUT2D eigenvalue weighted by atomic mass is 9.52. The monoisotopic (exact) mass is 294 g/mol. The molecule has 114 valence electrons. The van der Waals surface area contributed by atoms with Gasteiger partial charge in [0.25, 0.3) is 0 Å². The number of hydrogen-bond donors (Lipinski definition) is 2. The molecule has 2 N–H and O–H groups in total. The van der Waals surface area contributed by atoms with Gasteiger partial charge in [0.1, 0.15) is 0 Å². The molecule has 0 saturated heterocycles. The summed E-state index contributed by atoms with van der Waals surface area (Å²) in [7, 11) is 0. The van der Waals surface area contributed by atoms with Gasteiger partial charge >= 0.3 is 0 Å². The van der Waals surface area contributed by atoms with Crippen molar-refractivity contribution in [2.24, 2.45) is 11.8 Å². The molecule has 2 atom stereocenters. The molecule has 0 radical (unpaired) electrons. The van der Waals surface area contributed by atoms with Crippen molar-refractivity contribution in [1.82, 2.24) is 0 Å². The molecule has 0 amide bonds. The van der Waals surface area contributed by atoms with Gasteiger partial charge in [-0.05, 0) is 47.6 Å². The van der Waals surface area contributed by atoms with Crippen LogP contribution < -0.4 is 0 Å². The van der Waals surface area contributed by atoms with Gasteiger partial charge in [0.05, 0.1) is 12.2 Å². The van der Waals surface area contributed by atoms with E-state index in [1.165, 1.54) is 11.1 Å². The lowest BCUT2D eigenvalue weighted by molar-refractivity contribution is 0.0148. The molecule has 2 bridgehead atoms. The van der Waals surface area contributed by atoms with Crippen molar-refractivity contribution in [3.8, 4) is 0 Å². The highest BCUT2D eigenvalue weighted by molar-refractivity contribution is 5.34. The van der Waals surface area contributed by atoms with Crippen LogP contribution in [-0.4, -0.2) is 22.4 Å². The van der Waals surface area contributed by atoms with Crippen molar-refractivity contribution in [2.45, 2.75) is 36.9 Å². The molecule has 2 aromatic rings. The summed E-state index contributed by atoms with van der Waals surface area (Å²) >= 11 is 0. The van der Waals surface area contributed by atoms with Gasteiger partial charge < -0.3 is 10.2 Å². The summed E-state index contributed by atoms with van der Waals surface area (Å²) in [6.07, 6.45) is 0.206. The van der Waals surface area contributed by atoms with Gasteiger partial charge in [-0.3, -0.25) is 0 Å². The number of aliphatic hydroxyl groups is 2. The molecule has 0 aromatic heterocycles. The number of fused-ring (bicyclic) bond motifs is 3. The predicted molar refractivity (Wildman–Crippen MR) is 86.6 cm³/mol. The molecular weight excluding hydrogens is 272 g/mol. The molecule has 3 aliphatic rings. The summed E-state index contributed by atoms with van der Waals surface area (Å²) in [4.78, 5) is 0.